The molecule has 3 aromatic carbocycles. The predicted molar refractivity (Wildman–Crippen MR) is 156 cm³/mol. The molecule has 0 heterocycles. The van der Waals surface area contributed by atoms with E-state index in [4.69, 9.17) is 0 Å². The van der Waals surface area contributed by atoms with Crippen molar-refractivity contribution >= 4 is 23.6 Å². The van der Waals surface area contributed by atoms with E-state index >= 15 is 0 Å². The Hall–Kier alpha value is -1.06. The molecule has 0 bridgehead atoms. The average Bonchev–Trinajstić information content (AvgIpc) is 3.12. The zero-order valence-corrected chi connectivity index (χ0v) is 29.3. The van der Waals surface area contributed by atoms with E-state index in [1.165, 1.54) is 41.7 Å². The van der Waals surface area contributed by atoms with Gasteiger partial charge in [-0.2, -0.15) is 0 Å². The molecule has 1 unspecified atom stereocenters. The molecule has 1 aliphatic carbocycles. The van der Waals surface area contributed by atoms with Crippen LogP contribution in [0.3, 0.4) is 0 Å². The van der Waals surface area contributed by atoms with Crippen molar-refractivity contribution in [3.63, 3.8) is 0 Å². The molecule has 0 amide bonds. The van der Waals surface area contributed by atoms with Crippen molar-refractivity contribution in [1.82, 2.24) is 0 Å². The van der Waals surface area contributed by atoms with Gasteiger partial charge in [-0.15, -0.1) is 0 Å². The van der Waals surface area contributed by atoms with Gasteiger partial charge in [0, 0.05) is 0 Å². The molecule has 0 nitrogen and oxygen atoms in total. The van der Waals surface area contributed by atoms with Crippen LogP contribution in [-0.2, 0) is 20.4 Å². The van der Waals surface area contributed by atoms with Gasteiger partial charge in [0.1, 0.15) is 0 Å². The van der Waals surface area contributed by atoms with Crippen molar-refractivity contribution in [3.8, 4) is 0 Å². The van der Waals surface area contributed by atoms with Crippen molar-refractivity contribution in [1.29, 1.82) is 0 Å². The Kier molecular flexibility index (Phi) is 13.6. The van der Waals surface area contributed by atoms with Crippen molar-refractivity contribution in [2.45, 2.75) is 73.1 Å². The molecule has 5 heteroatoms. The van der Waals surface area contributed by atoms with Crippen LogP contribution in [0.15, 0.2) is 93.5 Å². The van der Waals surface area contributed by atoms with E-state index < -0.39 is 8.07 Å². The van der Waals surface area contributed by atoms with Gasteiger partial charge in [0.15, 0.2) is 0 Å². The maximum Gasteiger partial charge on any atom is -1.00 e. The summed E-state index contributed by atoms with van der Waals surface area (Å²) in [5.41, 5.74) is 5.78. The van der Waals surface area contributed by atoms with E-state index in [-0.39, 0.29) is 37.2 Å². The molecule has 0 spiro atoms. The van der Waals surface area contributed by atoms with Crippen LogP contribution >= 0.6 is 0 Å². The second kappa shape index (κ2) is 14.7. The number of allylic oxidation sites excluding steroid dienone is 4. The van der Waals surface area contributed by atoms with Crippen LogP contribution in [0.25, 0.3) is 0 Å². The fourth-order valence-electron chi connectivity index (χ4n) is 5.93. The van der Waals surface area contributed by atoms with Crippen molar-refractivity contribution in [2.24, 2.45) is 5.92 Å². The van der Waals surface area contributed by atoms with Crippen LogP contribution < -0.4 is 52.8 Å². The monoisotopic (exact) mass is 630 g/mol. The van der Waals surface area contributed by atoms with E-state index in [0.717, 1.165) is 0 Å². The van der Waals surface area contributed by atoms with Crippen molar-refractivity contribution in [2.75, 3.05) is 0 Å². The second-order valence-electron chi connectivity index (χ2n) is 11.5. The summed E-state index contributed by atoms with van der Waals surface area (Å²) in [4.78, 5) is 0. The van der Waals surface area contributed by atoms with Crippen molar-refractivity contribution < 1.29 is 57.7 Å². The Balaban J connectivity index is 0.00000253. The van der Waals surface area contributed by atoms with Crippen molar-refractivity contribution in [3.05, 3.63) is 110 Å². The maximum atomic E-state index is 2.54. The molecule has 206 valence electrons. The summed E-state index contributed by atoms with van der Waals surface area (Å²) in [5.74, 6) is 1.91. The molecule has 4 rings (SSSR count). The van der Waals surface area contributed by atoms with Gasteiger partial charge in [-0.05, 0) is 0 Å². The SMILES string of the molecule is CC1=C([Si](c2cccc(C(C)C)c2)(c2cccc(C(C)C)c2)c2cccc(C(C)C)c2)C(C)C=[C]1[Ti+3].[Cl-].[Cl-].[Cl-]. The third-order valence-electron chi connectivity index (χ3n) is 8.04. The Morgan fingerprint density at radius 3 is 1.21 bits per heavy atom. The summed E-state index contributed by atoms with van der Waals surface area (Å²) >= 11 is 2.30. The third kappa shape index (κ3) is 6.88. The van der Waals surface area contributed by atoms with E-state index in [9.17, 15) is 0 Å². The van der Waals surface area contributed by atoms with E-state index in [2.05, 4.69) is 155 Å². The summed E-state index contributed by atoms with van der Waals surface area (Å²) in [7, 11) is -2.56. The average molecular weight is 632 g/mol. The van der Waals surface area contributed by atoms with Gasteiger partial charge in [-0.25, -0.2) is 0 Å². The molecular weight excluding hydrogens is 591 g/mol. The first-order valence-electron chi connectivity index (χ1n) is 13.5. The minimum Gasteiger partial charge on any atom is -1.00 e. The maximum absolute atomic E-state index is 2.56. The Labute approximate surface area is 268 Å². The molecule has 0 radical (unpaired) electrons. The van der Waals surface area contributed by atoms with Gasteiger partial charge in [0.05, 0.1) is 0 Å². The number of rotatable bonds is 7. The van der Waals surface area contributed by atoms with Gasteiger partial charge < -0.3 is 37.2 Å². The fourth-order valence-corrected chi connectivity index (χ4v) is 12.3. The smallest absolute Gasteiger partial charge is 1.00 e. The summed E-state index contributed by atoms with van der Waals surface area (Å²) in [6.07, 6.45) is 2.50. The topological polar surface area (TPSA) is 0 Å². The minimum atomic E-state index is -2.56. The summed E-state index contributed by atoms with van der Waals surface area (Å²) in [5, 5.41) is 6.20. The largest absolute Gasteiger partial charge is 1.00 e. The van der Waals surface area contributed by atoms with E-state index in [1.807, 2.05) is 0 Å². The van der Waals surface area contributed by atoms with Crippen LogP contribution in [-0.4, -0.2) is 8.07 Å². The molecule has 0 aromatic heterocycles. The van der Waals surface area contributed by atoms with Crippen LogP contribution in [0.2, 0.25) is 0 Å². The second-order valence-corrected chi connectivity index (χ2v) is 16.1. The van der Waals surface area contributed by atoms with Crippen LogP contribution in [0, 0.1) is 5.92 Å². The zero-order chi connectivity index (χ0) is 26.2. The van der Waals surface area contributed by atoms with E-state index in [0.29, 0.717) is 23.7 Å². The van der Waals surface area contributed by atoms with Gasteiger partial charge in [-0.3, -0.25) is 0 Å². The normalized spacial score (nSPS) is 15.2. The summed E-state index contributed by atoms with van der Waals surface area (Å²) in [6, 6.07) is 28.8. The quantitative estimate of drug-likeness (QED) is 0.220. The number of hydrogen-bond acceptors (Lipinski definition) is 0. The fraction of sp³-hybridized carbons (Fsp3) is 0.353. The molecule has 1 atom stereocenters. The Morgan fingerprint density at radius 2 is 0.949 bits per heavy atom. The molecule has 0 saturated heterocycles. The molecule has 39 heavy (non-hydrogen) atoms. The number of benzene rings is 3. The van der Waals surface area contributed by atoms with E-state index in [1.54, 1.807) is 5.20 Å². The molecule has 0 saturated carbocycles. The Morgan fingerprint density at radius 1 is 0.615 bits per heavy atom. The Bertz CT molecular complexity index is 1200. The molecular formula is C34H41Cl3SiTi. The first-order valence-corrected chi connectivity index (χ1v) is 16.3. The van der Waals surface area contributed by atoms with Crippen LogP contribution in [0.5, 0.6) is 0 Å². The van der Waals surface area contributed by atoms with Crippen LogP contribution in [0.4, 0.5) is 0 Å². The zero-order valence-electron chi connectivity index (χ0n) is 24.4. The summed E-state index contributed by atoms with van der Waals surface area (Å²) < 4.78 is 1.44. The van der Waals surface area contributed by atoms with Gasteiger partial charge in [0.25, 0.3) is 0 Å². The molecule has 0 aliphatic heterocycles. The van der Waals surface area contributed by atoms with Gasteiger partial charge in [-0.1, -0.05) is 0 Å². The first-order chi connectivity index (χ1) is 17.1. The standard InChI is InChI=1S/C34H41Si.3ClH.Ti/c1-23(2)28-12-9-15-31(20-28)35(34-26(7)18-19-27(34)8,32-16-10-13-29(21-32)24(3)4)33-17-11-14-30(22-33)25(5)6;;;;/h9-18,20-26H,1-8H3;3*1H;/q;;;;+3/p-3. The molecule has 0 fully saturated rings. The molecule has 1 aliphatic rings. The molecule has 3 aromatic rings. The van der Waals surface area contributed by atoms with Gasteiger partial charge in [0.2, 0.25) is 0 Å². The molecule has 0 N–H and O–H groups in total. The predicted octanol–water partition coefficient (Wildman–Crippen LogP) is -1.52. The summed E-state index contributed by atoms with van der Waals surface area (Å²) in [6.45, 7) is 18.7. The van der Waals surface area contributed by atoms with Gasteiger partial charge >= 0.3 is 233 Å². The first kappa shape index (κ1) is 36.0. The third-order valence-corrected chi connectivity index (χ3v) is 14.1. The minimum absolute atomic E-state index is 0. The van der Waals surface area contributed by atoms with Crippen LogP contribution in [0.1, 0.15) is 89.8 Å². The number of halogens is 3. The number of hydrogen-bond donors (Lipinski definition) is 0.